The molecule has 122 valence electrons. The van der Waals surface area contributed by atoms with Gasteiger partial charge in [0.1, 0.15) is 0 Å². The highest BCUT2D eigenvalue weighted by Crippen LogP contribution is 2.24. The van der Waals surface area contributed by atoms with E-state index in [2.05, 4.69) is 46.5 Å². The van der Waals surface area contributed by atoms with E-state index in [0.717, 1.165) is 31.5 Å². The van der Waals surface area contributed by atoms with Gasteiger partial charge in [0.25, 0.3) is 0 Å². The highest BCUT2D eigenvalue weighted by molar-refractivity contribution is 9.10. The number of nitrogens with two attached hydrogens (primary N) is 1. The minimum atomic E-state index is 0.249. The summed E-state index contributed by atoms with van der Waals surface area (Å²) >= 11 is 3.70. The van der Waals surface area contributed by atoms with Crippen LogP contribution in [-0.2, 0) is 19.4 Å². The van der Waals surface area contributed by atoms with Gasteiger partial charge in [-0.25, -0.2) is 0 Å². The number of hydrogen-bond donors (Lipinski definition) is 1. The van der Waals surface area contributed by atoms with Crippen LogP contribution >= 0.6 is 15.9 Å². The van der Waals surface area contributed by atoms with Crippen molar-refractivity contribution in [2.24, 2.45) is 5.73 Å². The summed E-state index contributed by atoms with van der Waals surface area (Å²) in [5, 5.41) is 4.64. The van der Waals surface area contributed by atoms with E-state index in [1.165, 1.54) is 48.7 Å². The van der Waals surface area contributed by atoms with Gasteiger partial charge < -0.3 is 5.73 Å². The Labute approximate surface area is 138 Å². The Bertz CT molecular complexity index is 401. The van der Waals surface area contributed by atoms with Crippen LogP contribution in [0.25, 0.3) is 0 Å². The summed E-state index contributed by atoms with van der Waals surface area (Å²) < 4.78 is 3.27. The lowest BCUT2D eigenvalue weighted by atomic mass is 10.0. The topological polar surface area (TPSA) is 43.8 Å². The lowest BCUT2D eigenvalue weighted by Crippen LogP contribution is -2.24. The number of aryl methyl sites for hydroxylation is 2. The quantitative estimate of drug-likeness (QED) is 0.575. The van der Waals surface area contributed by atoms with Crippen molar-refractivity contribution in [2.75, 3.05) is 0 Å². The highest BCUT2D eigenvalue weighted by Gasteiger charge is 2.16. The monoisotopic (exact) mass is 357 g/mol. The first kappa shape index (κ1) is 18.7. The highest BCUT2D eigenvalue weighted by atomic mass is 79.9. The fraction of sp³-hybridized carbons (Fsp3) is 0.824. The standard InChI is InChI=1S/C17H32BrN3/c1-4-7-8-9-10-11-12-14(19)13-16-17(18)15(5-2)20-21(16)6-3/h14H,4-13,19H2,1-3H3. The second-order valence-corrected chi connectivity index (χ2v) is 6.69. The fourth-order valence-electron chi connectivity index (χ4n) is 2.75. The van der Waals surface area contributed by atoms with Gasteiger partial charge >= 0.3 is 0 Å². The molecule has 1 heterocycles. The molecule has 0 bridgehead atoms. The molecule has 0 saturated carbocycles. The Balaban J connectivity index is 2.40. The Morgan fingerprint density at radius 1 is 1.10 bits per heavy atom. The van der Waals surface area contributed by atoms with E-state index in [9.17, 15) is 0 Å². The minimum absolute atomic E-state index is 0.249. The number of halogens is 1. The van der Waals surface area contributed by atoms with Crippen LogP contribution < -0.4 is 5.73 Å². The molecule has 4 heteroatoms. The zero-order valence-electron chi connectivity index (χ0n) is 14.0. The second kappa shape index (κ2) is 10.4. The lowest BCUT2D eigenvalue weighted by Gasteiger charge is -2.13. The third kappa shape index (κ3) is 6.11. The normalized spacial score (nSPS) is 12.8. The average Bonchev–Trinajstić information content (AvgIpc) is 2.79. The zero-order valence-corrected chi connectivity index (χ0v) is 15.6. The Morgan fingerprint density at radius 3 is 2.38 bits per heavy atom. The zero-order chi connectivity index (χ0) is 15.7. The average molecular weight is 358 g/mol. The molecule has 0 radical (unpaired) electrons. The van der Waals surface area contributed by atoms with Crippen molar-refractivity contribution < 1.29 is 0 Å². The van der Waals surface area contributed by atoms with Gasteiger partial charge in [-0.2, -0.15) is 5.10 Å². The van der Waals surface area contributed by atoms with Crippen LogP contribution in [0, 0.1) is 0 Å². The van der Waals surface area contributed by atoms with Gasteiger partial charge in [-0.15, -0.1) is 0 Å². The van der Waals surface area contributed by atoms with Crippen LogP contribution in [0.5, 0.6) is 0 Å². The van der Waals surface area contributed by atoms with Gasteiger partial charge in [-0.3, -0.25) is 4.68 Å². The van der Waals surface area contributed by atoms with Gasteiger partial charge in [0.15, 0.2) is 0 Å². The minimum Gasteiger partial charge on any atom is -0.327 e. The second-order valence-electron chi connectivity index (χ2n) is 5.90. The third-order valence-electron chi connectivity index (χ3n) is 4.08. The molecule has 0 saturated heterocycles. The van der Waals surface area contributed by atoms with E-state index in [1.807, 2.05) is 0 Å². The van der Waals surface area contributed by atoms with Gasteiger partial charge in [0, 0.05) is 19.0 Å². The molecular formula is C17H32BrN3. The molecule has 3 nitrogen and oxygen atoms in total. The van der Waals surface area contributed by atoms with Crippen molar-refractivity contribution in [2.45, 2.75) is 91.1 Å². The molecule has 0 aliphatic rings. The molecule has 1 aromatic heterocycles. The van der Waals surface area contributed by atoms with E-state index in [1.54, 1.807) is 0 Å². The predicted octanol–water partition coefficient (Wildman–Crippen LogP) is 4.85. The van der Waals surface area contributed by atoms with Gasteiger partial charge in [0.05, 0.1) is 15.9 Å². The van der Waals surface area contributed by atoms with Crippen LogP contribution in [0.1, 0.15) is 77.1 Å². The van der Waals surface area contributed by atoms with Crippen LogP contribution in [-0.4, -0.2) is 15.8 Å². The first-order valence-corrected chi connectivity index (χ1v) is 9.42. The summed E-state index contributed by atoms with van der Waals surface area (Å²) in [6.07, 6.45) is 11.0. The molecule has 0 spiro atoms. The summed E-state index contributed by atoms with van der Waals surface area (Å²) in [5.41, 5.74) is 8.75. The van der Waals surface area contributed by atoms with Crippen molar-refractivity contribution in [1.29, 1.82) is 0 Å². The van der Waals surface area contributed by atoms with Crippen LogP contribution in [0.3, 0.4) is 0 Å². The van der Waals surface area contributed by atoms with Crippen molar-refractivity contribution in [3.05, 3.63) is 15.9 Å². The molecule has 1 unspecified atom stereocenters. The molecule has 0 fully saturated rings. The SMILES string of the molecule is CCCCCCCCC(N)Cc1c(Br)c(CC)nn1CC. The van der Waals surface area contributed by atoms with Gasteiger partial charge in [0.2, 0.25) is 0 Å². The lowest BCUT2D eigenvalue weighted by molar-refractivity contribution is 0.512. The summed E-state index contributed by atoms with van der Waals surface area (Å²) in [4.78, 5) is 0. The smallest absolute Gasteiger partial charge is 0.0766 e. The maximum Gasteiger partial charge on any atom is 0.0766 e. The molecule has 1 atom stereocenters. The number of aromatic nitrogens is 2. The van der Waals surface area contributed by atoms with Crippen LogP contribution in [0.2, 0.25) is 0 Å². The van der Waals surface area contributed by atoms with Crippen molar-refractivity contribution >= 4 is 15.9 Å². The number of hydrogen-bond acceptors (Lipinski definition) is 2. The Kier molecular flexibility index (Phi) is 9.25. The molecule has 0 aliphatic heterocycles. The molecular weight excluding hydrogens is 326 g/mol. The molecule has 2 N–H and O–H groups in total. The largest absolute Gasteiger partial charge is 0.327 e. The molecule has 21 heavy (non-hydrogen) atoms. The van der Waals surface area contributed by atoms with Crippen molar-refractivity contribution in [3.63, 3.8) is 0 Å². The van der Waals surface area contributed by atoms with E-state index in [4.69, 9.17) is 5.73 Å². The maximum absolute atomic E-state index is 6.33. The van der Waals surface area contributed by atoms with Crippen LogP contribution in [0.4, 0.5) is 0 Å². The van der Waals surface area contributed by atoms with E-state index in [-0.39, 0.29) is 6.04 Å². The van der Waals surface area contributed by atoms with Crippen molar-refractivity contribution in [1.82, 2.24) is 9.78 Å². The molecule has 0 amide bonds. The number of unbranched alkanes of at least 4 members (excludes halogenated alkanes) is 5. The number of rotatable bonds is 11. The first-order valence-electron chi connectivity index (χ1n) is 8.63. The molecule has 0 aromatic carbocycles. The first-order chi connectivity index (χ1) is 10.1. The van der Waals surface area contributed by atoms with E-state index >= 15 is 0 Å². The van der Waals surface area contributed by atoms with E-state index in [0.29, 0.717) is 0 Å². The van der Waals surface area contributed by atoms with Gasteiger partial charge in [-0.05, 0) is 35.7 Å². The maximum atomic E-state index is 6.33. The summed E-state index contributed by atoms with van der Waals surface area (Å²) in [6.45, 7) is 7.46. The summed E-state index contributed by atoms with van der Waals surface area (Å²) in [6, 6.07) is 0.249. The molecule has 0 aliphatic carbocycles. The van der Waals surface area contributed by atoms with Crippen LogP contribution in [0.15, 0.2) is 4.47 Å². The van der Waals surface area contributed by atoms with E-state index < -0.39 is 0 Å². The Hall–Kier alpha value is -0.350. The third-order valence-corrected chi connectivity index (χ3v) is 4.99. The predicted molar refractivity (Wildman–Crippen MR) is 94.7 cm³/mol. The summed E-state index contributed by atoms with van der Waals surface area (Å²) in [7, 11) is 0. The number of nitrogens with zero attached hydrogens (tertiary/aromatic N) is 2. The van der Waals surface area contributed by atoms with Gasteiger partial charge in [-0.1, -0.05) is 52.4 Å². The molecule has 1 aromatic rings. The Morgan fingerprint density at radius 2 is 1.76 bits per heavy atom. The summed E-state index contributed by atoms with van der Waals surface area (Å²) in [5.74, 6) is 0. The van der Waals surface area contributed by atoms with Crippen molar-refractivity contribution in [3.8, 4) is 0 Å². The fourth-order valence-corrected chi connectivity index (χ4v) is 3.48. The molecule has 1 rings (SSSR count).